The van der Waals surface area contributed by atoms with E-state index in [2.05, 4.69) is 20.8 Å². The number of halogens is 1. The maximum Gasteiger partial charge on any atom is 0.00390 e. The van der Waals surface area contributed by atoms with Gasteiger partial charge in [-0.05, 0) is 37.0 Å². The number of hydrogen-bond donors (Lipinski definition) is 1. The van der Waals surface area contributed by atoms with Gasteiger partial charge in [0.25, 0.3) is 0 Å². The van der Waals surface area contributed by atoms with E-state index >= 15 is 0 Å². The molecule has 0 radical (unpaired) electrons. The molecule has 0 aromatic rings. The van der Waals surface area contributed by atoms with Crippen molar-refractivity contribution in [2.75, 3.05) is 0 Å². The molecule has 1 aliphatic carbocycles. The predicted octanol–water partition coefficient (Wildman–Crippen LogP) is 3.36. The second-order valence-corrected chi connectivity index (χ2v) is 4.95. The summed E-state index contributed by atoms with van der Waals surface area (Å²) in [5, 5.41) is 0. The summed E-state index contributed by atoms with van der Waals surface area (Å²) < 4.78 is 0. The molecule has 80 valence electrons. The van der Waals surface area contributed by atoms with Crippen LogP contribution in [-0.2, 0) is 0 Å². The molecule has 1 nitrogen and oxygen atoms in total. The Bertz CT molecular complexity index is 137. The van der Waals surface area contributed by atoms with Crippen LogP contribution in [-0.4, -0.2) is 6.04 Å². The Morgan fingerprint density at radius 1 is 1.15 bits per heavy atom. The van der Waals surface area contributed by atoms with Crippen LogP contribution < -0.4 is 5.73 Å². The van der Waals surface area contributed by atoms with Crippen LogP contribution in [0.3, 0.4) is 0 Å². The van der Waals surface area contributed by atoms with E-state index in [1.807, 2.05) is 0 Å². The average Bonchev–Trinajstić information content (AvgIpc) is 2.05. The van der Waals surface area contributed by atoms with Crippen molar-refractivity contribution >= 4 is 12.4 Å². The van der Waals surface area contributed by atoms with Crippen LogP contribution in [0, 0.1) is 11.3 Å². The molecule has 0 unspecified atom stereocenters. The molecular formula is C11H24ClN. The molecule has 0 aromatic carbocycles. The fraction of sp³-hybridized carbons (Fsp3) is 1.00. The van der Waals surface area contributed by atoms with Crippen LogP contribution in [0.5, 0.6) is 0 Å². The lowest BCUT2D eigenvalue weighted by Gasteiger charge is -2.38. The highest BCUT2D eigenvalue weighted by Gasteiger charge is 2.30. The van der Waals surface area contributed by atoms with E-state index in [0.717, 1.165) is 5.92 Å². The summed E-state index contributed by atoms with van der Waals surface area (Å²) in [6.07, 6.45) is 6.49. The highest BCUT2D eigenvalue weighted by molar-refractivity contribution is 5.85. The Balaban J connectivity index is 0.00000144. The zero-order chi connectivity index (χ0) is 9.19. The normalized spacial score (nSPS) is 29.5. The third-order valence-corrected chi connectivity index (χ3v) is 3.79. The van der Waals surface area contributed by atoms with Gasteiger partial charge in [-0.3, -0.25) is 0 Å². The van der Waals surface area contributed by atoms with Gasteiger partial charge in [0.2, 0.25) is 0 Å². The molecule has 0 atom stereocenters. The molecule has 0 heterocycles. The SMILES string of the molecule is CCC(C)(C)C1CCC(N)CC1.Cl. The quantitative estimate of drug-likeness (QED) is 0.735. The van der Waals surface area contributed by atoms with Crippen LogP contribution in [0.1, 0.15) is 52.9 Å². The first kappa shape index (κ1) is 13.2. The van der Waals surface area contributed by atoms with Crippen molar-refractivity contribution in [3.8, 4) is 0 Å². The third kappa shape index (κ3) is 3.47. The van der Waals surface area contributed by atoms with Gasteiger partial charge in [-0.15, -0.1) is 12.4 Å². The summed E-state index contributed by atoms with van der Waals surface area (Å²) in [5.41, 5.74) is 6.42. The van der Waals surface area contributed by atoms with Crippen molar-refractivity contribution in [3.63, 3.8) is 0 Å². The average molecular weight is 206 g/mol. The molecule has 0 saturated heterocycles. The topological polar surface area (TPSA) is 26.0 Å². The van der Waals surface area contributed by atoms with Gasteiger partial charge in [0, 0.05) is 6.04 Å². The number of nitrogens with two attached hydrogens (primary N) is 1. The summed E-state index contributed by atoms with van der Waals surface area (Å²) in [6.45, 7) is 7.09. The third-order valence-electron chi connectivity index (χ3n) is 3.79. The van der Waals surface area contributed by atoms with Crippen molar-refractivity contribution in [1.82, 2.24) is 0 Å². The van der Waals surface area contributed by atoms with Gasteiger partial charge in [0.1, 0.15) is 0 Å². The molecule has 0 amide bonds. The highest BCUT2D eigenvalue weighted by Crippen LogP contribution is 2.39. The van der Waals surface area contributed by atoms with E-state index in [-0.39, 0.29) is 12.4 Å². The molecule has 0 aliphatic heterocycles. The minimum absolute atomic E-state index is 0. The van der Waals surface area contributed by atoms with Gasteiger partial charge in [-0.2, -0.15) is 0 Å². The minimum atomic E-state index is 0. The van der Waals surface area contributed by atoms with Gasteiger partial charge in [0.05, 0.1) is 0 Å². The Morgan fingerprint density at radius 2 is 1.62 bits per heavy atom. The first-order valence-electron chi connectivity index (χ1n) is 5.32. The number of hydrogen-bond acceptors (Lipinski definition) is 1. The summed E-state index contributed by atoms with van der Waals surface area (Å²) in [5.74, 6) is 0.919. The van der Waals surface area contributed by atoms with Gasteiger partial charge in [0.15, 0.2) is 0 Å². The van der Waals surface area contributed by atoms with Crippen LogP contribution >= 0.6 is 12.4 Å². The fourth-order valence-electron chi connectivity index (χ4n) is 2.19. The molecule has 2 N–H and O–H groups in total. The molecule has 0 aromatic heterocycles. The van der Waals surface area contributed by atoms with Crippen molar-refractivity contribution in [2.24, 2.45) is 17.1 Å². The van der Waals surface area contributed by atoms with E-state index in [0.29, 0.717) is 11.5 Å². The molecule has 0 spiro atoms. The first-order valence-corrected chi connectivity index (χ1v) is 5.32. The van der Waals surface area contributed by atoms with E-state index < -0.39 is 0 Å². The maximum absolute atomic E-state index is 5.88. The van der Waals surface area contributed by atoms with Gasteiger partial charge in [-0.1, -0.05) is 27.2 Å². The maximum atomic E-state index is 5.88. The first-order chi connectivity index (χ1) is 5.56. The van der Waals surface area contributed by atoms with Crippen LogP contribution in [0.2, 0.25) is 0 Å². The standard InChI is InChI=1S/C11H23N.ClH/c1-4-11(2,3)9-5-7-10(12)8-6-9;/h9-10H,4-8,12H2,1-3H3;1H. The second kappa shape index (κ2) is 5.21. The Labute approximate surface area is 88.9 Å². The molecule has 0 bridgehead atoms. The van der Waals surface area contributed by atoms with E-state index in [9.17, 15) is 0 Å². The van der Waals surface area contributed by atoms with E-state index in [1.54, 1.807) is 0 Å². The molecule has 1 saturated carbocycles. The van der Waals surface area contributed by atoms with Crippen molar-refractivity contribution in [3.05, 3.63) is 0 Å². The summed E-state index contributed by atoms with van der Waals surface area (Å²) in [6, 6.07) is 0.494. The Kier molecular flexibility index (Phi) is 5.31. The van der Waals surface area contributed by atoms with Crippen molar-refractivity contribution in [1.29, 1.82) is 0 Å². The minimum Gasteiger partial charge on any atom is -0.328 e. The predicted molar refractivity (Wildman–Crippen MR) is 61.3 cm³/mol. The molecule has 1 aliphatic rings. The van der Waals surface area contributed by atoms with Crippen LogP contribution in [0.25, 0.3) is 0 Å². The molecule has 2 heteroatoms. The van der Waals surface area contributed by atoms with Crippen LogP contribution in [0.15, 0.2) is 0 Å². The van der Waals surface area contributed by atoms with Crippen molar-refractivity contribution in [2.45, 2.75) is 58.9 Å². The Hall–Kier alpha value is 0.250. The largest absolute Gasteiger partial charge is 0.328 e. The number of rotatable bonds is 2. The van der Waals surface area contributed by atoms with Gasteiger partial charge >= 0.3 is 0 Å². The van der Waals surface area contributed by atoms with Crippen molar-refractivity contribution < 1.29 is 0 Å². The molecule has 1 fully saturated rings. The van der Waals surface area contributed by atoms with Crippen LogP contribution in [0.4, 0.5) is 0 Å². The monoisotopic (exact) mass is 205 g/mol. The van der Waals surface area contributed by atoms with E-state index in [4.69, 9.17) is 5.73 Å². The molecule has 13 heavy (non-hydrogen) atoms. The molecule has 1 rings (SSSR count). The summed E-state index contributed by atoms with van der Waals surface area (Å²) in [7, 11) is 0. The summed E-state index contributed by atoms with van der Waals surface area (Å²) in [4.78, 5) is 0. The Morgan fingerprint density at radius 3 is 2.00 bits per heavy atom. The van der Waals surface area contributed by atoms with Gasteiger partial charge in [-0.25, -0.2) is 0 Å². The fourth-order valence-corrected chi connectivity index (χ4v) is 2.19. The second-order valence-electron chi connectivity index (χ2n) is 4.95. The zero-order valence-corrected chi connectivity index (χ0v) is 9.99. The van der Waals surface area contributed by atoms with E-state index in [1.165, 1.54) is 32.1 Å². The lowest BCUT2D eigenvalue weighted by atomic mass is 9.69. The lowest BCUT2D eigenvalue weighted by molar-refractivity contribution is 0.145. The lowest BCUT2D eigenvalue weighted by Crippen LogP contribution is -2.33. The van der Waals surface area contributed by atoms with Gasteiger partial charge < -0.3 is 5.73 Å². The molecular weight excluding hydrogens is 182 g/mol. The smallest absolute Gasteiger partial charge is 0.00390 e. The summed E-state index contributed by atoms with van der Waals surface area (Å²) >= 11 is 0. The zero-order valence-electron chi connectivity index (χ0n) is 9.18. The highest BCUT2D eigenvalue weighted by atomic mass is 35.5.